The summed E-state index contributed by atoms with van der Waals surface area (Å²) in [6.45, 7) is 4.72. The van der Waals surface area contributed by atoms with Crippen LogP contribution in [0, 0.1) is 5.92 Å². The largest absolute Gasteiger partial charge is 0.463 e. The Morgan fingerprint density at radius 2 is 2.00 bits per heavy atom. The number of rotatable bonds is 2. The van der Waals surface area contributed by atoms with Crippen LogP contribution in [0.1, 0.15) is 25.5 Å². The number of hydrogen-bond donors (Lipinski definition) is 1. The fourth-order valence-electron chi connectivity index (χ4n) is 1.85. The molecule has 1 aliphatic heterocycles. The summed E-state index contributed by atoms with van der Waals surface area (Å²) in [6.07, 6.45) is 0. The molecule has 3 heteroatoms. The second-order valence-electron chi connectivity index (χ2n) is 4.49. The molecule has 1 aliphatic rings. The minimum Gasteiger partial charge on any atom is -0.463 e. The van der Waals surface area contributed by atoms with E-state index >= 15 is 0 Å². The molecule has 1 fully saturated rings. The van der Waals surface area contributed by atoms with Gasteiger partial charge < -0.3 is 4.74 Å². The number of cyclic esters (lactones) is 1. The van der Waals surface area contributed by atoms with Crippen LogP contribution in [0.25, 0.3) is 0 Å². The van der Waals surface area contributed by atoms with Crippen molar-refractivity contribution < 1.29 is 9.53 Å². The number of esters is 1. The van der Waals surface area contributed by atoms with Crippen LogP contribution in [0.15, 0.2) is 30.3 Å². The lowest BCUT2D eigenvalue weighted by Gasteiger charge is -2.32. The lowest BCUT2D eigenvalue weighted by atomic mass is 9.99. The molecule has 0 radical (unpaired) electrons. The lowest BCUT2D eigenvalue weighted by molar-refractivity contribution is -0.152. The summed E-state index contributed by atoms with van der Waals surface area (Å²) in [5.41, 5.74) is 0.970. The Morgan fingerprint density at radius 1 is 1.31 bits per heavy atom. The second kappa shape index (κ2) is 4.66. The maximum Gasteiger partial charge on any atom is 0.327 e. The van der Waals surface area contributed by atoms with Crippen molar-refractivity contribution in [2.24, 2.45) is 5.92 Å². The maximum absolute atomic E-state index is 11.7. The minimum atomic E-state index is -0.317. The zero-order valence-electron chi connectivity index (χ0n) is 9.64. The van der Waals surface area contributed by atoms with Crippen LogP contribution in [-0.4, -0.2) is 18.6 Å². The van der Waals surface area contributed by atoms with Gasteiger partial charge in [-0.15, -0.1) is 0 Å². The molecule has 1 aromatic carbocycles. The van der Waals surface area contributed by atoms with Crippen molar-refractivity contribution >= 4 is 5.97 Å². The Balaban J connectivity index is 2.16. The summed E-state index contributed by atoms with van der Waals surface area (Å²) in [4.78, 5) is 11.7. The van der Waals surface area contributed by atoms with Gasteiger partial charge in [0.15, 0.2) is 0 Å². The first-order valence-electron chi connectivity index (χ1n) is 5.66. The Hall–Kier alpha value is -1.35. The summed E-state index contributed by atoms with van der Waals surface area (Å²) < 4.78 is 5.22. The monoisotopic (exact) mass is 219 g/mol. The average Bonchev–Trinajstić information content (AvgIpc) is 2.30. The molecule has 1 heterocycles. The van der Waals surface area contributed by atoms with Crippen LogP contribution < -0.4 is 5.32 Å². The fraction of sp³-hybridized carbons (Fsp3) is 0.462. The van der Waals surface area contributed by atoms with Gasteiger partial charge in [0.1, 0.15) is 12.6 Å². The number of nitrogens with one attached hydrogen (secondary N) is 1. The fourth-order valence-corrected chi connectivity index (χ4v) is 1.85. The highest BCUT2D eigenvalue weighted by Crippen LogP contribution is 2.21. The van der Waals surface area contributed by atoms with E-state index in [1.165, 1.54) is 0 Å². The molecule has 1 N–H and O–H groups in total. The van der Waals surface area contributed by atoms with Crippen LogP contribution >= 0.6 is 0 Å². The van der Waals surface area contributed by atoms with Crippen molar-refractivity contribution in [3.8, 4) is 0 Å². The number of morpholine rings is 1. The first-order valence-corrected chi connectivity index (χ1v) is 5.66. The highest BCUT2D eigenvalue weighted by Gasteiger charge is 2.31. The summed E-state index contributed by atoms with van der Waals surface area (Å²) in [5, 5.41) is 3.34. The molecule has 0 aromatic heterocycles. The molecule has 2 rings (SSSR count). The van der Waals surface area contributed by atoms with Crippen LogP contribution in [-0.2, 0) is 9.53 Å². The lowest BCUT2D eigenvalue weighted by Crippen LogP contribution is -2.49. The highest BCUT2D eigenvalue weighted by atomic mass is 16.5. The van der Waals surface area contributed by atoms with Gasteiger partial charge in [-0.1, -0.05) is 44.2 Å². The summed E-state index contributed by atoms with van der Waals surface area (Å²) in [7, 11) is 0. The zero-order chi connectivity index (χ0) is 11.5. The van der Waals surface area contributed by atoms with Gasteiger partial charge in [-0.05, 0) is 11.5 Å². The normalized spacial score (nSPS) is 25.6. The quantitative estimate of drug-likeness (QED) is 0.772. The van der Waals surface area contributed by atoms with Gasteiger partial charge in [-0.2, -0.15) is 0 Å². The first-order chi connectivity index (χ1) is 7.68. The predicted molar refractivity (Wildman–Crippen MR) is 61.9 cm³/mol. The molecule has 3 nitrogen and oxygen atoms in total. The van der Waals surface area contributed by atoms with E-state index in [0.29, 0.717) is 12.5 Å². The molecule has 0 aliphatic carbocycles. The first kappa shape index (κ1) is 11.1. The molecule has 0 saturated carbocycles. The number of benzene rings is 1. The Labute approximate surface area is 95.8 Å². The number of carbonyl (C=O) groups excluding carboxylic acids is 1. The predicted octanol–water partition coefficient (Wildman–Crippen LogP) is 1.90. The van der Waals surface area contributed by atoms with Gasteiger partial charge in [-0.25, -0.2) is 4.79 Å². The summed E-state index contributed by atoms with van der Waals surface area (Å²) >= 11 is 0. The molecule has 2 atom stereocenters. The topological polar surface area (TPSA) is 38.3 Å². The molecule has 0 bridgehead atoms. The third kappa shape index (κ3) is 2.25. The standard InChI is InChI=1S/C13H17NO2/c1-9(2)11-8-16-13(15)12(14-11)10-6-4-3-5-7-10/h3-7,9,11-12,14H,8H2,1-2H3/t11-,12+/m1/s1. The van der Waals surface area contributed by atoms with Crippen LogP contribution in [0.5, 0.6) is 0 Å². The Kier molecular flexibility index (Phi) is 3.25. The molecular weight excluding hydrogens is 202 g/mol. The van der Waals surface area contributed by atoms with Crippen molar-refractivity contribution in [1.82, 2.24) is 5.32 Å². The van der Waals surface area contributed by atoms with Gasteiger partial charge >= 0.3 is 5.97 Å². The van der Waals surface area contributed by atoms with Gasteiger partial charge in [0, 0.05) is 6.04 Å². The van der Waals surface area contributed by atoms with Gasteiger partial charge in [0.05, 0.1) is 0 Å². The van der Waals surface area contributed by atoms with Gasteiger partial charge in [-0.3, -0.25) is 5.32 Å². The van der Waals surface area contributed by atoms with E-state index in [1.54, 1.807) is 0 Å². The maximum atomic E-state index is 11.7. The molecule has 0 unspecified atom stereocenters. The van der Waals surface area contributed by atoms with Crippen LogP contribution in [0.2, 0.25) is 0 Å². The Morgan fingerprint density at radius 3 is 2.62 bits per heavy atom. The van der Waals surface area contributed by atoms with E-state index in [9.17, 15) is 4.79 Å². The minimum absolute atomic E-state index is 0.178. The summed E-state index contributed by atoms with van der Waals surface area (Å²) in [6, 6.07) is 9.62. The van der Waals surface area contributed by atoms with Crippen molar-refractivity contribution in [1.29, 1.82) is 0 Å². The number of hydrogen-bond acceptors (Lipinski definition) is 3. The molecule has 86 valence electrons. The third-order valence-corrected chi connectivity index (χ3v) is 2.96. The van der Waals surface area contributed by atoms with Gasteiger partial charge in [0.25, 0.3) is 0 Å². The highest BCUT2D eigenvalue weighted by molar-refractivity contribution is 5.78. The van der Waals surface area contributed by atoms with E-state index in [1.807, 2.05) is 30.3 Å². The smallest absolute Gasteiger partial charge is 0.327 e. The number of ether oxygens (including phenoxy) is 1. The molecule has 16 heavy (non-hydrogen) atoms. The van der Waals surface area contributed by atoms with Crippen LogP contribution in [0.3, 0.4) is 0 Å². The van der Waals surface area contributed by atoms with E-state index < -0.39 is 0 Å². The molecule has 1 aromatic rings. The van der Waals surface area contributed by atoms with E-state index in [2.05, 4.69) is 19.2 Å². The van der Waals surface area contributed by atoms with Gasteiger partial charge in [0.2, 0.25) is 0 Å². The second-order valence-corrected chi connectivity index (χ2v) is 4.49. The van der Waals surface area contributed by atoms with Crippen molar-refractivity contribution in [3.63, 3.8) is 0 Å². The van der Waals surface area contributed by atoms with Crippen molar-refractivity contribution in [2.75, 3.05) is 6.61 Å². The van der Waals surface area contributed by atoms with E-state index in [0.717, 1.165) is 5.56 Å². The Bertz CT molecular complexity index is 361. The van der Waals surface area contributed by atoms with Crippen molar-refractivity contribution in [2.45, 2.75) is 25.9 Å². The molecule has 0 spiro atoms. The SMILES string of the molecule is CC(C)[C@H]1COC(=O)[C@H](c2ccccc2)N1. The molecular formula is C13H17NO2. The number of carbonyl (C=O) groups is 1. The molecule has 0 amide bonds. The van der Waals surface area contributed by atoms with Crippen LogP contribution in [0.4, 0.5) is 0 Å². The molecule has 1 saturated heterocycles. The van der Waals surface area contributed by atoms with E-state index in [4.69, 9.17) is 4.74 Å². The summed E-state index contributed by atoms with van der Waals surface area (Å²) in [5.74, 6) is 0.280. The third-order valence-electron chi connectivity index (χ3n) is 2.96. The van der Waals surface area contributed by atoms with Crippen molar-refractivity contribution in [3.05, 3.63) is 35.9 Å². The van der Waals surface area contributed by atoms with E-state index in [-0.39, 0.29) is 18.1 Å². The average molecular weight is 219 g/mol. The zero-order valence-corrected chi connectivity index (χ0v) is 9.64.